The molecular weight excluding hydrogens is 302 g/mol. The maximum Gasteiger partial charge on any atom is 0.247 e. The molecule has 0 radical (unpaired) electrons. The number of nitrogens with one attached hydrogen (secondary N) is 1. The zero-order chi connectivity index (χ0) is 16.5. The molecule has 4 nitrogen and oxygen atoms in total. The SMILES string of the molecule is C/C(=C\c1ccccc1Cl)C(=O)NCC(O)COCC(C)C. The molecule has 0 aliphatic carbocycles. The molecule has 0 spiro atoms. The number of hydrogen-bond donors (Lipinski definition) is 2. The van der Waals surface area contributed by atoms with E-state index in [4.69, 9.17) is 16.3 Å². The standard InChI is InChI=1S/C17H24ClNO3/c1-12(2)10-22-11-15(20)9-19-17(21)13(3)8-14-6-4-5-7-16(14)18/h4-8,12,15,20H,9-11H2,1-3H3,(H,19,21)/b13-8+. The normalized spacial score (nSPS) is 13.3. The van der Waals surface area contributed by atoms with Crippen molar-refractivity contribution in [3.05, 3.63) is 40.4 Å². The Bertz CT molecular complexity index is 514. The molecular formula is C17H24ClNO3. The topological polar surface area (TPSA) is 58.6 Å². The zero-order valence-electron chi connectivity index (χ0n) is 13.3. The fourth-order valence-electron chi connectivity index (χ4n) is 1.74. The third-order valence-corrected chi connectivity index (χ3v) is 3.24. The molecule has 0 bridgehead atoms. The van der Waals surface area contributed by atoms with Gasteiger partial charge in [0, 0.05) is 23.7 Å². The van der Waals surface area contributed by atoms with Gasteiger partial charge in [-0.3, -0.25) is 4.79 Å². The summed E-state index contributed by atoms with van der Waals surface area (Å²) in [5.41, 5.74) is 1.32. The number of amides is 1. The van der Waals surface area contributed by atoms with Gasteiger partial charge in [-0.2, -0.15) is 0 Å². The van der Waals surface area contributed by atoms with E-state index < -0.39 is 6.10 Å². The Morgan fingerprint density at radius 1 is 1.36 bits per heavy atom. The second-order valence-electron chi connectivity index (χ2n) is 5.64. The molecule has 1 aromatic rings. The van der Waals surface area contributed by atoms with Crippen molar-refractivity contribution >= 4 is 23.6 Å². The Morgan fingerprint density at radius 2 is 2.05 bits per heavy atom. The number of halogens is 1. The third-order valence-electron chi connectivity index (χ3n) is 2.90. The van der Waals surface area contributed by atoms with Gasteiger partial charge in [0.1, 0.15) is 0 Å². The van der Waals surface area contributed by atoms with Gasteiger partial charge in [-0.25, -0.2) is 0 Å². The van der Waals surface area contributed by atoms with E-state index in [1.54, 1.807) is 19.1 Å². The number of carbonyl (C=O) groups is 1. The zero-order valence-corrected chi connectivity index (χ0v) is 14.1. The van der Waals surface area contributed by atoms with Crippen molar-refractivity contribution in [2.75, 3.05) is 19.8 Å². The molecule has 2 N–H and O–H groups in total. The summed E-state index contributed by atoms with van der Waals surface area (Å²) in [6.45, 7) is 6.75. The van der Waals surface area contributed by atoms with Crippen LogP contribution >= 0.6 is 11.6 Å². The molecule has 22 heavy (non-hydrogen) atoms. The quantitative estimate of drug-likeness (QED) is 0.723. The predicted octanol–water partition coefficient (Wildman–Crippen LogP) is 2.89. The van der Waals surface area contributed by atoms with Gasteiger partial charge in [0.2, 0.25) is 5.91 Å². The summed E-state index contributed by atoms with van der Waals surface area (Å²) in [7, 11) is 0. The molecule has 0 heterocycles. The average molecular weight is 326 g/mol. The van der Waals surface area contributed by atoms with Crippen LogP contribution in [0, 0.1) is 5.92 Å². The first-order valence-corrected chi connectivity index (χ1v) is 7.74. The highest BCUT2D eigenvalue weighted by molar-refractivity contribution is 6.32. The van der Waals surface area contributed by atoms with Crippen LogP contribution in [0.5, 0.6) is 0 Å². The van der Waals surface area contributed by atoms with Crippen LogP contribution in [-0.2, 0) is 9.53 Å². The van der Waals surface area contributed by atoms with Gasteiger partial charge in [-0.15, -0.1) is 0 Å². The minimum absolute atomic E-state index is 0.157. The molecule has 1 aromatic carbocycles. The average Bonchev–Trinajstić information content (AvgIpc) is 2.46. The van der Waals surface area contributed by atoms with Crippen molar-refractivity contribution < 1.29 is 14.6 Å². The van der Waals surface area contributed by atoms with Gasteiger partial charge in [0.15, 0.2) is 0 Å². The summed E-state index contributed by atoms with van der Waals surface area (Å²) in [5.74, 6) is 0.186. The first-order valence-electron chi connectivity index (χ1n) is 7.37. The van der Waals surface area contributed by atoms with Gasteiger partial charge in [-0.05, 0) is 30.5 Å². The Kier molecular flexibility index (Phi) is 8.17. The maximum atomic E-state index is 12.0. The van der Waals surface area contributed by atoms with E-state index in [2.05, 4.69) is 5.32 Å². The van der Waals surface area contributed by atoms with Crippen LogP contribution in [0.25, 0.3) is 6.08 Å². The van der Waals surface area contributed by atoms with E-state index in [1.807, 2.05) is 32.0 Å². The molecule has 0 aliphatic heterocycles. The fraction of sp³-hybridized carbons (Fsp3) is 0.471. The Labute approximate surface area is 137 Å². The van der Waals surface area contributed by atoms with Crippen LogP contribution in [0.3, 0.4) is 0 Å². The number of hydrogen-bond acceptors (Lipinski definition) is 3. The maximum absolute atomic E-state index is 12.0. The second kappa shape index (κ2) is 9.62. The smallest absolute Gasteiger partial charge is 0.247 e. The molecule has 5 heteroatoms. The highest BCUT2D eigenvalue weighted by Gasteiger charge is 2.09. The number of ether oxygens (including phenoxy) is 1. The largest absolute Gasteiger partial charge is 0.389 e. The van der Waals surface area contributed by atoms with Gasteiger partial charge in [0.05, 0.1) is 12.7 Å². The number of aliphatic hydroxyl groups excluding tert-OH is 1. The van der Waals surface area contributed by atoms with Crippen molar-refractivity contribution in [3.8, 4) is 0 Å². The Hall–Kier alpha value is -1.36. The fourth-order valence-corrected chi connectivity index (χ4v) is 1.93. The minimum Gasteiger partial charge on any atom is -0.389 e. The lowest BCUT2D eigenvalue weighted by molar-refractivity contribution is -0.118. The Balaban J connectivity index is 2.43. The number of carbonyl (C=O) groups excluding carboxylic acids is 1. The molecule has 0 saturated carbocycles. The van der Waals surface area contributed by atoms with Gasteiger partial charge in [-0.1, -0.05) is 43.6 Å². The predicted molar refractivity (Wildman–Crippen MR) is 89.8 cm³/mol. The van der Waals surface area contributed by atoms with Crippen LogP contribution < -0.4 is 5.32 Å². The van der Waals surface area contributed by atoms with Gasteiger partial charge >= 0.3 is 0 Å². The van der Waals surface area contributed by atoms with E-state index in [-0.39, 0.29) is 19.1 Å². The van der Waals surface area contributed by atoms with Gasteiger partial charge < -0.3 is 15.2 Å². The van der Waals surface area contributed by atoms with Crippen LogP contribution in [0.15, 0.2) is 29.8 Å². The molecule has 1 amide bonds. The molecule has 0 fully saturated rings. The molecule has 122 valence electrons. The van der Waals surface area contributed by atoms with Crippen LogP contribution in [0.2, 0.25) is 5.02 Å². The van der Waals surface area contributed by atoms with E-state index in [0.717, 1.165) is 5.56 Å². The number of rotatable bonds is 8. The number of benzene rings is 1. The summed E-state index contributed by atoms with van der Waals surface area (Å²) in [5, 5.41) is 13.0. The van der Waals surface area contributed by atoms with Crippen molar-refractivity contribution in [2.24, 2.45) is 5.92 Å². The van der Waals surface area contributed by atoms with Crippen LogP contribution in [0.1, 0.15) is 26.3 Å². The van der Waals surface area contributed by atoms with E-state index in [1.165, 1.54) is 0 Å². The van der Waals surface area contributed by atoms with E-state index in [9.17, 15) is 9.90 Å². The Morgan fingerprint density at radius 3 is 2.68 bits per heavy atom. The first kappa shape index (κ1) is 18.7. The summed E-state index contributed by atoms with van der Waals surface area (Å²) in [6, 6.07) is 7.31. The highest BCUT2D eigenvalue weighted by Crippen LogP contribution is 2.18. The van der Waals surface area contributed by atoms with Crippen molar-refractivity contribution in [1.82, 2.24) is 5.32 Å². The lowest BCUT2D eigenvalue weighted by Gasteiger charge is -2.13. The molecule has 0 saturated heterocycles. The molecule has 1 atom stereocenters. The molecule has 0 aromatic heterocycles. The second-order valence-corrected chi connectivity index (χ2v) is 6.05. The van der Waals surface area contributed by atoms with E-state index >= 15 is 0 Å². The molecule has 1 rings (SSSR count). The van der Waals surface area contributed by atoms with Crippen molar-refractivity contribution in [2.45, 2.75) is 26.9 Å². The first-order chi connectivity index (χ1) is 10.4. The third kappa shape index (κ3) is 7.07. The lowest BCUT2D eigenvalue weighted by Crippen LogP contribution is -2.35. The summed E-state index contributed by atoms with van der Waals surface area (Å²) >= 11 is 6.05. The summed E-state index contributed by atoms with van der Waals surface area (Å²) in [4.78, 5) is 12.0. The van der Waals surface area contributed by atoms with Gasteiger partial charge in [0.25, 0.3) is 0 Å². The molecule has 0 aliphatic rings. The van der Waals surface area contributed by atoms with Crippen molar-refractivity contribution in [3.63, 3.8) is 0 Å². The molecule has 1 unspecified atom stereocenters. The van der Waals surface area contributed by atoms with Crippen molar-refractivity contribution in [1.29, 1.82) is 0 Å². The minimum atomic E-state index is -0.712. The lowest BCUT2D eigenvalue weighted by atomic mass is 10.1. The summed E-state index contributed by atoms with van der Waals surface area (Å²) < 4.78 is 5.33. The highest BCUT2D eigenvalue weighted by atomic mass is 35.5. The number of aliphatic hydroxyl groups is 1. The van der Waals surface area contributed by atoms with Crippen LogP contribution in [0.4, 0.5) is 0 Å². The monoisotopic (exact) mass is 325 g/mol. The van der Waals surface area contributed by atoms with Crippen LogP contribution in [-0.4, -0.2) is 36.9 Å². The van der Waals surface area contributed by atoms with E-state index in [0.29, 0.717) is 23.1 Å². The summed E-state index contributed by atoms with van der Waals surface area (Å²) in [6.07, 6.45) is 1.01.